The van der Waals surface area contributed by atoms with E-state index in [2.05, 4.69) is 4.90 Å². The second-order valence-electron chi connectivity index (χ2n) is 11.3. The molecular formula is C34H33F2N5O2. The van der Waals surface area contributed by atoms with E-state index in [0.29, 0.717) is 28.2 Å². The number of aryl methyl sites for hydroxylation is 3. The number of nitrogens with zero attached hydrogens (tertiary/aromatic N) is 5. The van der Waals surface area contributed by atoms with Gasteiger partial charge in [0.15, 0.2) is 5.78 Å². The molecule has 4 aromatic rings. The number of aliphatic hydroxyl groups excluding tert-OH is 1. The highest BCUT2D eigenvalue weighted by Crippen LogP contribution is 2.38. The minimum atomic E-state index is -0.490. The molecule has 0 spiro atoms. The van der Waals surface area contributed by atoms with Gasteiger partial charge >= 0.3 is 0 Å². The molecule has 7 nitrogen and oxygen atoms in total. The number of aliphatic hydroxyl groups is 1. The molecule has 0 saturated carbocycles. The van der Waals surface area contributed by atoms with E-state index in [1.165, 1.54) is 12.1 Å². The lowest BCUT2D eigenvalue weighted by Gasteiger charge is -2.21. The average Bonchev–Trinajstić information content (AvgIpc) is 3.70. The third kappa shape index (κ3) is 5.62. The Kier molecular flexibility index (Phi) is 8.32. The molecule has 220 valence electrons. The molecule has 1 N–H and O–H groups in total. The fourth-order valence-corrected chi connectivity index (χ4v) is 6.55. The maximum absolute atomic E-state index is 14.5. The van der Waals surface area contributed by atoms with Crippen LogP contribution in [0.25, 0.3) is 11.4 Å². The lowest BCUT2D eigenvalue weighted by atomic mass is 9.98. The van der Waals surface area contributed by atoms with Gasteiger partial charge in [-0.15, -0.1) is 0 Å². The summed E-state index contributed by atoms with van der Waals surface area (Å²) in [5.74, 6) is -0.869. The average molecular weight is 582 g/mol. The summed E-state index contributed by atoms with van der Waals surface area (Å²) in [6.45, 7) is 7.78. The summed E-state index contributed by atoms with van der Waals surface area (Å²) in [4.78, 5) is 15.1. The summed E-state index contributed by atoms with van der Waals surface area (Å²) in [6, 6.07) is 18.7. The second-order valence-corrected chi connectivity index (χ2v) is 11.3. The zero-order valence-corrected chi connectivity index (χ0v) is 24.6. The Morgan fingerprint density at radius 1 is 0.837 bits per heavy atom. The first kappa shape index (κ1) is 29.9. The van der Waals surface area contributed by atoms with Crippen LogP contribution in [0.15, 0.2) is 54.6 Å². The predicted octanol–water partition coefficient (Wildman–Crippen LogP) is 5.99. The number of fused-ring (bicyclic) bond motifs is 2. The molecule has 4 heterocycles. The van der Waals surface area contributed by atoms with E-state index in [0.717, 1.165) is 36.3 Å². The molecule has 6 rings (SSSR count). The normalized spacial score (nSPS) is 19.0. The van der Waals surface area contributed by atoms with Gasteiger partial charge in [0.1, 0.15) is 11.6 Å². The summed E-state index contributed by atoms with van der Waals surface area (Å²) in [5.41, 5.74) is 5.40. The quantitative estimate of drug-likeness (QED) is 0.292. The van der Waals surface area contributed by atoms with E-state index in [9.17, 15) is 18.7 Å². The molecule has 2 fully saturated rings. The van der Waals surface area contributed by atoms with E-state index >= 15 is 0 Å². The molecule has 2 saturated heterocycles. The topological polar surface area (TPSA) is 98.0 Å². The van der Waals surface area contributed by atoms with Gasteiger partial charge in [0, 0.05) is 40.4 Å². The van der Waals surface area contributed by atoms with Crippen molar-refractivity contribution >= 4 is 5.78 Å². The van der Waals surface area contributed by atoms with Crippen LogP contribution in [0.3, 0.4) is 0 Å². The Balaban J connectivity index is 0.000000196. The lowest BCUT2D eigenvalue weighted by Crippen LogP contribution is -2.36. The summed E-state index contributed by atoms with van der Waals surface area (Å²) in [5, 5.41) is 27.7. The molecule has 43 heavy (non-hydrogen) atoms. The smallest absolute Gasteiger partial charge is 0.178 e. The van der Waals surface area contributed by atoms with E-state index in [1.807, 2.05) is 56.5 Å². The highest BCUT2D eigenvalue weighted by molar-refractivity contribution is 5.99. The summed E-state index contributed by atoms with van der Waals surface area (Å²) in [6.07, 6.45) is 2.38. The molecule has 2 bridgehead atoms. The highest BCUT2D eigenvalue weighted by Gasteiger charge is 2.46. The van der Waals surface area contributed by atoms with Gasteiger partial charge in [-0.25, -0.2) is 8.78 Å². The number of halogens is 2. The van der Waals surface area contributed by atoms with Crippen LogP contribution in [0.4, 0.5) is 8.78 Å². The number of rotatable bonds is 5. The first-order valence-electron chi connectivity index (χ1n) is 14.2. The number of ketones is 1. The molecule has 2 aromatic heterocycles. The SMILES string of the molecule is Cc1cc(C(=O)CN2C3CCC2[C@@H](O)C3)c(C)n1-c1ccc(C#N)cc1F.Cc1ccc(C)n1-c1ccc(C#N)cc1F. The third-order valence-corrected chi connectivity index (χ3v) is 8.61. The molecule has 3 atom stereocenters. The van der Waals surface area contributed by atoms with Gasteiger partial charge in [-0.1, -0.05) is 0 Å². The molecule has 9 heteroatoms. The lowest BCUT2D eigenvalue weighted by molar-refractivity contribution is 0.0873. The minimum Gasteiger partial charge on any atom is -0.391 e. The molecule has 0 aliphatic carbocycles. The maximum Gasteiger partial charge on any atom is 0.178 e. The summed E-state index contributed by atoms with van der Waals surface area (Å²) in [7, 11) is 0. The maximum atomic E-state index is 14.5. The van der Waals surface area contributed by atoms with Gasteiger partial charge in [-0.2, -0.15) is 10.5 Å². The van der Waals surface area contributed by atoms with Gasteiger partial charge in [0.2, 0.25) is 0 Å². The number of aromatic nitrogens is 2. The number of benzene rings is 2. The fourth-order valence-electron chi connectivity index (χ4n) is 6.55. The number of carbonyl (C=O) groups excluding carboxylic acids is 1. The van der Waals surface area contributed by atoms with Crippen molar-refractivity contribution in [3.05, 3.63) is 106 Å². The van der Waals surface area contributed by atoms with Gasteiger partial charge < -0.3 is 14.2 Å². The largest absolute Gasteiger partial charge is 0.391 e. The molecule has 2 aliphatic rings. The van der Waals surface area contributed by atoms with Crippen LogP contribution in [-0.4, -0.2) is 49.7 Å². The molecule has 2 unspecified atom stereocenters. The Bertz CT molecular complexity index is 1770. The molecular weight excluding hydrogens is 548 g/mol. The highest BCUT2D eigenvalue weighted by atomic mass is 19.1. The van der Waals surface area contributed by atoms with Crippen molar-refractivity contribution < 1.29 is 18.7 Å². The first-order valence-corrected chi connectivity index (χ1v) is 14.2. The number of hydrogen-bond donors (Lipinski definition) is 1. The number of carbonyl (C=O) groups is 1. The van der Waals surface area contributed by atoms with E-state index < -0.39 is 5.82 Å². The molecule has 2 aliphatic heterocycles. The third-order valence-electron chi connectivity index (χ3n) is 8.61. The predicted molar refractivity (Wildman–Crippen MR) is 158 cm³/mol. The van der Waals surface area contributed by atoms with Crippen LogP contribution in [0.1, 0.15) is 63.5 Å². The Labute approximate surface area is 249 Å². The van der Waals surface area contributed by atoms with E-state index in [-0.39, 0.29) is 41.9 Å². The van der Waals surface area contributed by atoms with Gasteiger partial charge in [0.05, 0.1) is 47.3 Å². The fraction of sp³-hybridized carbons (Fsp3) is 0.324. The van der Waals surface area contributed by atoms with Crippen LogP contribution >= 0.6 is 0 Å². The van der Waals surface area contributed by atoms with Gasteiger partial charge in [-0.05, 0) is 102 Å². The Morgan fingerprint density at radius 2 is 1.40 bits per heavy atom. The van der Waals surface area contributed by atoms with Crippen LogP contribution in [-0.2, 0) is 0 Å². The Morgan fingerprint density at radius 3 is 1.86 bits per heavy atom. The van der Waals surface area contributed by atoms with Gasteiger partial charge in [0.25, 0.3) is 0 Å². The van der Waals surface area contributed by atoms with E-state index in [1.54, 1.807) is 34.9 Å². The van der Waals surface area contributed by atoms with E-state index in [4.69, 9.17) is 10.5 Å². The number of hydrogen-bond acceptors (Lipinski definition) is 5. The number of Topliss-reactive ketones (excluding diaryl/α,β-unsaturated/α-hetero) is 1. The van der Waals surface area contributed by atoms with Crippen LogP contribution < -0.4 is 0 Å². The van der Waals surface area contributed by atoms with Crippen molar-refractivity contribution in [2.24, 2.45) is 0 Å². The van der Waals surface area contributed by atoms with Crippen molar-refractivity contribution in [2.75, 3.05) is 6.54 Å². The zero-order chi connectivity index (χ0) is 31.0. The van der Waals surface area contributed by atoms with Gasteiger partial charge in [-0.3, -0.25) is 9.69 Å². The van der Waals surface area contributed by atoms with Crippen LogP contribution in [0.2, 0.25) is 0 Å². The van der Waals surface area contributed by atoms with Crippen LogP contribution in [0, 0.1) is 62.0 Å². The monoisotopic (exact) mass is 581 g/mol. The second kappa shape index (κ2) is 12.0. The number of nitriles is 2. The van der Waals surface area contributed by atoms with Crippen molar-refractivity contribution in [2.45, 2.75) is 65.1 Å². The van der Waals surface area contributed by atoms with Crippen LogP contribution in [0.5, 0.6) is 0 Å². The van der Waals surface area contributed by atoms with Crippen molar-refractivity contribution in [3.63, 3.8) is 0 Å². The summed E-state index contributed by atoms with van der Waals surface area (Å²) < 4.78 is 31.8. The standard InChI is InChI=1S/C21H22FN3O2.C13H11FN2/c1-12-7-16(21(27)11-24-15-4-6-19(24)20(26)9-15)13(2)25(12)18-5-3-14(10-23)8-17(18)22;1-9-3-4-10(2)16(9)13-6-5-11(8-15)7-12(13)14/h3,5,7-8,15,19-20,26H,4,6,9,11H2,1-2H3;3-7H,1-2H3/t15?,19?,20-;/m0./s1. The summed E-state index contributed by atoms with van der Waals surface area (Å²) >= 11 is 0. The Hall–Kier alpha value is -4.57. The molecule has 0 amide bonds. The first-order chi connectivity index (χ1) is 20.5. The van der Waals surface area contributed by atoms with Crippen molar-refractivity contribution in [1.29, 1.82) is 10.5 Å². The molecule has 0 radical (unpaired) electrons. The van der Waals surface area contributed by atoms with Crippen molar-refractivity contribution in [3.8, 4) is 23.5 Å². The zero-order valence-electron chi connectivity index (χ0n) is 24.6. The van der Waals surface area contributed by atoms with Crippen molar-refractivity contribution in [1.82, 2.24) is 14.0 Å². The minimum absolute atomic E-state index is 0.00518. The molecule has 2 aromatic carbocycles.